The van der Waals surface area contributed by atoms with E-state index in [0.29, 0.717) is 18.9 Å². The van der Waals surface area contributed by atoms with Crippen LogP contribution in [0.1, 0.15) is 168 Å². The summed E-state index contributed by atoms with van der Waals surface area (Å²) in [5, 5.41) is 0. The molecule has 0 aromatic rings. The highest BCUT2D eigenvalue weighted by atomic mass is 16.5. The lowest BCUT2D eigenvalue weighted by atomic mass is 9.91. The highest BCUT2D eigenvalue weighted by Crippen LogP contribution is 2.23. The van der Waals surface area contributed by atoms with Gasteiger partial charge in [-0.25, -0.2) is 0 Å². The molecule has 0 aliphatic carbocycles. The smallest absolute Gasteiger partial charge is 0.306 e. The summed E-state index contributed by atoms with van der Waals surface area (Å²) in [5.74, 6) is 0.564. The van der Waals surface area contributed by atoms with Crippen LogP contribution in [-0.2, 0) is 9.53 Å². The summed E-state index contributed by atoms with van der Waals surface area (Å²) in [5.41, 5.74) is 0. The summed E-state index contributed by atoms with van der Waals surface area (Å²) in [6, 6.07) is 0. The topological polar surface area (TPSA) is 26.3 Å². The molecule has 0 spiro atoms. The lowest BCUT2D eigenvalue weighted by Crippen LogP contribution is -2.12. The Balaban J connectivity index is 3.77. The third kappa shape index (κ3) is 24.0. The molecule has 0 radical (unpaired) electrons. The van der Waals surface area contributed by atoms with Gasteiger partial charge in [0.2, 0.25) is 0 Å². The Morgan fingerprint density at radius 1 is 0.516 bits per heavy atom. The van der Waals surface area contributed by atoms with Gasteiger partial charge in [0, 0.05) is 6.42 Å². The molecule has 0 atom stereocenters. The fraction of sp³-hybridized carbons (Fsp3) is 0.966. The lowest BCUT2D eigenvalue weighted by Gasteiger charge is -2.16. The van der Waals surface area contributed by atoms with Gasteiger partial charge in [0.25, 0.3) is 0 Å². The van der Waals surface area contributed by atoms with Crippen LogP contribution in [-0.4, -0.2) is 12.6 Å². The number of hydrogen-bond acceptors (Lipinski definition) is 2. The quantitative estimate of drug-likeness (QED) is 0.105. The molecule has 0 aliphatic rings. The molecule has 0 aromatic heterocycles. The SMILES string of the molecule is CCCCCCCCCCCCC(CCCCCCCCCCCC)CC(=O)OCC. The summed E-state index contributed by atoms with van der Waals surface area (Å²) < 4.78 is 5.23. The molecule has 0 saturated heterocycles. The summed E-state index contributed by atoms with van der Waals surface area (Å²) >= 11 is 0. The zero-order valence-corrected chi connectivity index (χ0v) is 21.9. The van der Waals surface area contributed by atoms with Gasteiger partial charge in [0.15, 0.2) is 0 Å². The second-order valence-electron chi connectivity index (χ2n) is 9.82. The monoisotopic (exact) mass is 438 g/mol. The van der Waals surface area contributed by atoms with Gasteiger partial charge < -0.3 is 4.74 Å². The van der Waals surface area contributed by atoms with Crippen LogP contribution < -0.4 is 0 Å². The van der Waals surface area contributed by atoms with E-state index in [2.05, 4.69) is 13.8 Å². The van der Waals surface area contributed by atoms with Crippen molar-refractivity contribution in [3.63, 3.8) is 0 Å². The number of hydrogen-bond donors (Lipinski definition) is 0. The minimum Gasteiger partial charge on any atom is -0.466 e. The maximum Gasteiger partial charge on any atom is 0.306 e. The number of unbranched alkanes of at least 4 members (excludes halogenated alkanes) is 18. The van der Waals surface area contributed by atoms with Gasteiger partial charge in [-0.15, -0.1) is 0 Å². The first-order chi connectivity index (χ1) is 15.2. The Morgan fingerprint density at radius 3 is 1.16 bits per heavy atom. The standard InChI is InChI=1S/C29H58O2/c1-4-7-9-11-13-15-17-19-21-23-25-28(27-29(30)31-6-3)26-24-22-20-18-16-14-12-10-8-5-2/h28H,4-27H2,1-3H3. The highest BCUT2D eigenvalue weighted by Gasteiger charge is 2.14. The second-order valence-corrected chi connectivity index (χ2v) is 9.82. The Morgan fingerprint density at radius 2 is 0.839 bits per heavy atom. The van der Waals surface area contributed by atoms with Gasteiger partial charge in [0.1, 0.15) is 0 Å². The Kier molecular flexibility index (Phi) is 25.3. The van der Waals surface area contributed by atoms with E-state index < -0.39 is 0 Å². The van der Waals surface area contributed by atoms with E-state index in [1.165, 1.54) is 141 Å². The summed E-state index contributed by atoms with van der Waals surface area (Å²) in [7, 11) is 0. The molecular weight excluding hydrogens is 380 g/mol. The number of rotatable bonds is 25. The largest absolute Gasteiger partial charge is 0.466 e. The van der Waals surface area contributed by atoms with E-state index in [-0.39, 0.29) is 5.97 Å². The number of esters is 1. The van der Waals surface area contributed by atoms with E-state index in [4.69, 9.17) is 4.74 Å². The van der Waals surface area contributed by atoms with Gasteiger partial charge in [-0.2, -0.15) is 0 Å². The normalized spacial score (nSPS) is 11.4. The van der Waals surface area contributed by atoms with Crippen molar-refractivity contribution in [2.75, 3.05) is 6.61 Å². The average molecular weight is 439 g/mol. The van der Waals surface area contributed by atoms with Crippen LogP contribution in [0.3, 0.4) is 0 Å². The van der Waals surface area contributed by atoms with Crippen LogP contribution in [0.4, 0.5) is 0 Å². The average Bonchev–Trinajstić information content (AvgIpc) is 2.76. The van der Waals surface area contributed by atoms with Gasteiger partial charge in [-0.1, -0.05) is 142 Å². The molecule has 186 valence electrons. The van der Waals surface area contributed by atoms with Crippen LogP contribution in [0.5, 0.6) is 0 Å². The third-order valence-electron chi connectivity index (χ3n) is 6.69. The van der Waals surface area contributed by atoms with Crippen molar-refractivity contribution in [1.29, 1.82) is 0 Å². The zero-order chi connectivity index (χ0) is 22.8. The molecular formula is C29H58O2. The van der Waals surface area contributed by atoms with Crippen molar-refractivity contribution in [3.8, 4) is 0 Å². The fourth-order valence-electron chi connectivity index (χ4n) is 4.64. The Labute approximate surface area is 196 Å². The van der Waals surface area contributed by atoms with Gasteiger partial charge >= 0.3 is 5.97 Å². The van der Waals surface area contributed by atoms with E-state index in [9.17, 15) is 4.79 Å². The molecule has 0 unspecified atom stereocenters. The molecule has 0 rings (SSSR count). The maximum absolute atomic E-state index is 12.0. The van der Waals surface area contributed by atoms with Crippen molar-refractivity contribution in [2.45, 2.75) is 168 Å². The van der Waals surface area contributed by atoms with Crippen molar-refractivity contribution < 1.29 is 9.53 Å². The summed E-state index contributed by atoms with van der Waals surface area (Å²) in [6.07, 6.45) is 30.7. The first kappa shape index (κ1) is 30.5. The van der Waals surface area contributed by atoms with Gasteiger partial charge in [-0.05, 0) is 25.7 Å². The summed E-state index contributed by atoms with van der Waals surface area (Å²) in [6.45, 7) is 7.00. The van der Waals surface area contributed by atoms with Crippen molar-refractivity contribution in [3.05, 3.63) is 0 Å². The molecule has 2 nitrogen and oxygen atoms in total. The van der Waals surface area contributed by atoms with Crippen molar-refractivity contribution in [2.24, 2.45) is 5.92 Å². The molecule has 0 aromatic carbocycles. The predicted octanol–water partition coefficient (Wildman–Crippen LogP) is 10.2. The molecule has 0 fully saturated rings. The molecule has 31 heavy (non-hydrogen) atoms. The van der Waals surface area contributed by atoms with Crippen LogP contribution in [0.15, 0.2) is 0 Å². The maximum atomic E-state index is 12.0. The van der Waals surface area contributed by atoms with Crippen LogP contribution in [0.25, 0.3) is 0 Å². The molecule has 0 amide bonds. The van der Waals surface area contributed by atoms with E-state index in [1.54, 1.807) is 0 Å². The second kappa shape index (κ2) is 25.7. The summed E-state index contributed by atoms with van der Waals surface area (Å²) in [4.78, 5) is 12.0. The van der Waals surface area contributed by atoms with Crippen LogP contribution >= 0.6 is 0 Å². The molecule has 0 N–H and O–H groups in total. The fourth-order valence-corrected chi connectivity index (χ4v) is 4.64. The predicted molar refractivity (Wildman–Crippen MR) is 138 cm³/mol. The molecule has 0 heterocycles. The molecule has 0 bridgehead atoms. The van der Waals surface area contributed by atoms with E-state index in [0.717, 1.165) is 0 Å². The number of ether oxygens (including phenoxy) is 1. The van der Waals surface area contributed by atoms with Gasteiger partial charge in [0.05, 0.1) is 6.61 Å². The molecule has 0 aliphatic heterocycles. The molecule has 2 heteroatoms. The van der Waals surface area contributed by atoms with Crippen molar-refractivity contribution in [1.82, 2.24) is 0 Å². The van der Waals surface area contributed by atoms with Crippen molar-refractivity contribution >= 4 is 5.97 Å². The number of carbonyl (C=O) groups excluding carboxylic acids is 1. The third-order valence-corrected chi connectivity index (χ3v) is 6.69. The Hall–Kier alpha value is -0.530. The first-order valence-electron chi connectivity index (χ1n) is 14.4. The Bertz CT molecular complexity index is 329. The van der Waals surface area contributed by atoms with E-state index in [1.807, 2.05) is 6.92 Å². The van der Waals surface area contributed by atoms with E-state index >= 15 is 0 Å². The minimum absolute atomic E-state index is 0.0201. The minimum atomic E-state index is 0.0201. The zero-order valence-electron chi connectivity index (χ0n) is 21.9. The first-order valence-corrected chi connectivity index (χ1v) is 14.4. The highest BCUT2D eigenvalue weighted by molar-refractivity contribution is 5.69. The number of carbonyl (C=O) groups is 1. The van der Waals surface area contributed by atoms with Gasteiger partial charge in [-0.3, -0.25) is 4.79 Å². The lowest BCUT2D eigenvalue weighted by molar-refractivity contribution is -0.144. The van der Waals surface area contributed by atoms with Crippen LogP contribution in [0, 0.1) is 5.92 Å². The van der Waals surface area contributed by atoms with Crippen LogP contribution in [0.2, 0.25) is 0 Å². The molecule has 0 saturated carbocycles.